The number of aromatic nitrogens is 8. The van der Waals surface area contributed by atoms with Gasteiger partial charge >= 0.3 is 31.3 Å². The van der Waals surface area contributed by atoms with E-state index in [4.69, 9.17) is 28.3 Å². The first kappa shape index (κ1) is 53.9. The maximum atomic E-state index is 11.8. The van der Waals surface area contributed by atoms with E-state index in [1.807, 2.05) is 78.5 Å². The number of pyridine rings is 2. The molecule has 0 atom stereocenters. The van der Waals surface area contributed by atoms with Crippen molar-refractivity contribution in [2.45, 2.75) is 142 Å². The van der Waals surface area contributed by atoms with Crippen LogP contribution in [0.2, 0.25) is 0 Å². The van der Waals surface area contributed by atoms with E-state index < -0.39 is 17.3 Å². The molecule has 20 heteroatoms. The van der Waals surface area contributed by atoms with Crippen LogP contribution < -0.4 is 25.6 Å². The molecule has 2 N–H and O–H groups in total. The molecule has 18 nitrogen and oxygen atoms in total. The van der Waals surface area contributed by atoms with Gasteiger partial charge in [0.25, 0.3) is 0 Å². The highest BCUT2D eigenvalue weighted by Crippen LogP contribution is 2.37. The Kier molecular flexibility index (Phi) is 15.1. The SMILES string of the molecule is CC(C)(C)OC(=O)NC1CC(Oc2ncc(Br)cn2)C1.Cn1c2ccncc2c2ccc(-c3cnc(OC4CC(NC(=O)OC(C)(C)C)C4)nc3)cc21.Cn1c2ccncc2c2ccc(B3OC(C)(C)C(C)(C)O3)cc21. The minimum Gasteiger partial charge on any atom is -0.460 e. The molecule has 2 amide bonds. The van der Waals surface area contributed by atoms with Gasteiger partial charge in [0, 0.05) is 140 Å². The quantitative estimate of drug-likeness (QED) is 0.136. The van der Waals surface area contributed by atoms with Crippen LogP contribution in [0.5, 0.6) is 12.0 Å². The average Bonchev–Trinajstić information content (AvgIpc) is 3.88. The number of rotatable bonds is 8. The summed E-state index contributed by atoms with van der Waals surface area (Å²) in [5.74, 6) is 0. The first-order valence-corrected chi connectivity index (χ1v) is 26.3. The molecule has 7 heterocycles. The lowest BCUT2D eigenvalue weighted by atomic mass is 9.79. The number of halogens is 1. The van der Waals surface area contributed by atoms with Gasteiger partial charge in [-0.25, -0.2) is 29.5 Å². The molecule has 11 rings (SSSR count). The summed E-state index contributed by atoms with van der Waals surface area (Å²) >= 11 is 3.26. The summed E-state index contributed by atoms with van der Waals surface area (Å²) in [4.78, 5) is 48.8. The van der Waals surface area contributed by atoms with Crippen LogP contribution in [0.1, 0.15) is 94.9 Å². The van der Waals surface area contributed by atoms with Gasteiger partial charge in [0.05, 0.1) is 26.7 Å². The molecule has 3 fully saturated rings. The Morgan fingerprint density at radius 2 is 1.03 bits per heavy atom. The molecule has 2 aliphatic carbocycles. The Hall–Kier alpha value is -6.90. The number of fused-ring (bicyclic) bond motifs is 6. The summed E-state index contributed by atoms with van der Waals surface area (Å²) in [7, 11) is 3.81. The number of hydrogen-bond acceptors (Lipinski definition) is 14. The van der Waals surface area contributed by atoms with Gasteiger partial charge in [-0.05, 0) is 120 Å². The molecule has 3 aliphatic rings. The Balaban J connectivity index is 0.000000145. The smallest absolute Gasteiger partial charge is 0.460 e. The van der Waals surface area contributed by atoms with Crippen LogP contribution in [0.3, 0.4) is 0 Å². The van der Waals surface area contributed by atoms with Crippen LogP contribution in [0.15, 0.2) is 103 Å². The van der Waals surface area contributed by atoms with Crippen molar-refractivity contribution in [3.8, 4) is 23.1 Å². The zero-order chi connectivity index (χ0) is 54.3. The highest BCUT2D eigenvalue weighted by molar-refractivity contribution is 9.10. The zero-order valence-corrected chi connectivity index (χ0v) is 46.8. The van der Waals surface area contributed by atoms with Crippen LogP contribution in [0, 0.1) is 0 Å². The number of alkyl carbamates (subject to hydrolysis) is 2. The average molecular weight is 1100 g/mol. The van der Waals surface area contributed by atoms with Crippen LogP contribution in [0.25, 0.3) is 54.7 Å². The molecule has 8 aromatic rings. The Morgan fingerprint density at radius 1 is 0.592 bits per heavy atom. The van der Waals surface area contributed by atoms with E-state index in [-0.39, 0.29) is 48.7 Å². The predicted octanol–water partition coefficient (Wildman–Crippen LogP) is 10.3. The summed E-state index contributed by atoms with van der Waals surface area (Å²) in [5.41, 5.74) is 6.01. The lowest BCUT2D eigenvalue weighted by Gasteiger charge is -2.35. The molecule has 0 spiro atoms. The number of carbonyl (C=O) groups excluding carboxylic acids is 2. The topological polar surface area (TPSA) is 201 Å². The van der Waals surface area contributed by atoms with Crippen molar-refractivity contribution in [1.82, 2.24) is 49.7 Å². The fourth-order valence-corrected chi connectivity index (χ4v) is 9.33. The third-order valence-electron chi connectivity index (χ3n) is 13.9. The molecule has 398 valence electrons. The third kappa shape index (κ3) is 12.3. The van der Waals surface area contributed by atoms with Gasteiger partial charge in [-0.3, -0.25) is 9.97 Å². The van der Waals surface area contributed by atoms with E-state index in [1.54, 1.807) is 24.8 Å². The first-order chi connectivity index (χ1) is 35.9. The second-order valence-electron chi connectivity index (χ2n) is 22.5. The monoisotopic (exact) mass is 1100 g/mol. The standard InChI is InChI=1S/C25H27N5O3.C18H21BN2O2.C13H18BrN3O3/c1-25(2,3)33-24(31)29-17-10-18(11-17)32-23-27-12-16(13-28-23)15-5-6-19-20-14-26-8-7-21(20)30(4)22(19)9-15;1-17(2)18(3,4)23-19(22-17)12-6-7-13-14-11-20-9-8-15(14)21(5)16(13)10-12;1-13(2,3)20-12(18)17-9-4-10(5-9)19-11-15-6-8(14)7-16-11/h5-9,12-14,17-18H,10-11H2,1-4H3,(H,29,31);6-11H,1-5H3;6-7,9-10H,4-5H2,1-3H3,(H,17,18). The molecule has 2 aromatic carbocycles. The first-order valence-electron chi connectivity index (χ1n) is 25.5. The summed E-state index contributed by atoms with van der Waals surface area (Å²) < 4.78 is 39.4. The largest absolute Gasteiger partial charge is 0.494 e. The summed E-state index contributed by atoms with van der Waals surface area (Å²) in [6, 6.07) is 17.6. The Bertz CT molecular complexity index is 3360. The van der Waals surface area contributed by atoms with E-state index in [0.717, 1.165) is 50.3 Å². The number of carbonyl (C=O) groups is 2. The molecule has 1 saturated heterocycles. The highest BCUT2D eigenvalue weighted by Gasteiger charge is 2.51. The van der Waals surface area contributed by atoms with Crippen molar-refractivity contribution in [2.24, 2.45) is 14.1 Å². The lowest BCUT2D eigenvalue weighted by molar-refractivity contribution is 0.00578. The van der Waals surface area contributed by atoms with Crippen molar-refractivity contribution in [2.75, 3.05) is 0 Å². The number of nitrogens with zero attached hydrogens (tertiary/aromatic N) is 8. The highest BCUT2D eigenvalue weighted by atomic mass is 79.9. The van der Waals surface area contributed by atoms with Crippen molar-refractivity contribution in [1.29, 1.82) is 0 Å². The molecule has 0 radical (unpaired) electrons. The molecule has 0 unspecified atom stereocenters. The number of nitrogens with one attached hydrogen (secondary N) is 2. The van der Waals surface area contributed by atoms with E-state index >= 15 is 0 Å². The second kappa shape index (κ2) is 21.3. The van der Waals surface area contributed by atoms with Gasteiger partial charge in [-0.15, -0.1) is 0 Å². The number of hydrogen-bond donors (Lipinski definition) is 2. The van der Waals surface area contributed by atoms with E-state index in [1.165, 1.54) is 27.2 Å². The van der Waals surface area contributed by atoms with E-state index in [2.05, 4.69) is 144 Å². The van der Waals surface area contributed by atoms with Crippen molar-refractivity contribution in [3.05, 3.63) is 103 Å². The van der Waals surface area contributed by atoms with Crippen LogP contribution >= 0.6 is 15.9 Å². The molecule has 0 bridgehead atoms. The number of amides is 2. The summed E-state index contributed by atoms with van der Waals surface area (Å²) in [6.45, 7) is 19.4. The molecule has 76 heavy (non-hydrogen) atoms. The zero-order valence-electron chi connectivity index (χ0n) is 45.2. The number of benzene rings is 2. The van der Waals surface area contributed by atoms with Crippen molar-refractivity contribution in [3.63, 3.8) is 0 Å². The van der Waals surface area contributed by atoms with Crippen molar-refractivity contribution < 1.29 is 37.8 Å². The predicted molar refractivity (Wildman–Crippen MR) is 297 cm³/mol. The lowest BCUT2D eigenvalue weighted by Crippen LogP contribution is -2.50. The van der Waals surface area contributed by atoms with Crippen LogP contribution in [-0.2, 0) is 32.9 Å². The van der Waals surface area contributed by atoms with E-state index in [9.17, 15) is 9.59 Å². The normalized spacial score (nSPS) is 19.6. The third-order valence-corrected chi connectivity index (χ3v) is 14.3. The molecule has 1 aliphatic heterocycles. The van der Waals surface area contributed by atoms with E-state index in [0.29, 0.717) is 24.9 Å². The maximum Gasteiger partial charge on any atom is 0.494 e. The second-order valence-corrected chi connectivity index (χ2v) is 23.5. The summed E-state index contributed by atoms with van der Waals surface area (Å²) in [6.07, 6.45) is 16.4. The fraction of sp³-hybridized carbons (Fsp3) is 0.429. The molecule has 6 aromatic heterocycles. The van der Waals surface area contributed by atoms with Crippen LogP contribution in [0.4, 0.5) is 9.59 Å². The Morgan fingerprint density at radius 3 is 1.49 bits per heavy atom. The molecular formula is C56H66BBrN10O8. The van der Waals surface area contributed by atoms with Gasteiger partial charge in [-0.1, -0.05) is 24.3 Å². The molecular weight excluding hydrogens is 1030 g/mol. The minimum atomic E-state index is -0.505. The summed E-state index contributed by atoms with van der Waals surface area (Å²) in [5, 5.41) is 10.4. The molecule has 2 saturated carbocycles. The number of aryl methyl sites for hydroxylation is 2. The van der Waals surface area contributed by atoms with Gasteiger partial charge in [0.1, 0.15) is 23.4 Å². The Labute approximate surface area is 451 Å². The van der Waals surface area contributed by atoms with Gasteiger partial charge in [0.2, 0.25) is 0 Å². The van der Waals surface area contributed by atoms with Crippen molar-refractivity contribution >= 4 is 84.3 Å². The fourth-order valence-electron chi connectivity index (χ4n) is 9.12. The number of ether oxygens (including phenoxy) is 4. The maximum absolute atomic E-state index is 11.8. The van der Waals surface area contributed by atoms with Crippen LogP contribution in [-0.4, -0.2) is 105 Å². The van der Waals surface area contributed by atoms with Gasteiger partial charge < -0.3 is 48.0 Å². The van der Waals surface area contributed by atoms with Gasteiger partial charge in [-0.2, -0.15) is 0 Å². The van der Waals surface area contributed by atoms with Gasteiger partial charge in [0.15, 0.2) is 0 Å². The minimum absolute atomic E-state index is 0.0171.